The fourth-order valence-corrected chi connectivity index (χ4v) is 11.5. The summed E-state index contributed by atoms with van der Waals surface area (Å²) in [5, 5.41) is 10.7. The third-order valence-electron chi connectivity index (χ3n) is 13.9. The van der Waals surface area contributed by atoms with Crippen LogP contribution in [0, 0.1) is 56.2 Å². The van der Waals surface area contributed by atoms with Gasteiger partial charge in [-0.15, -0.1) is 0 Å². The van der Waals surface area contributed by atoms with Gasteiger partial charge in [0.1, 0.15) is 5.78 Å². The highest BCUT2D eigenvalue weighted by atomic mass is 16.5. The number of ketones is 1. The van der Waals surface area contributed by atoms with E-state index in [1.54, 1.807) is 0 Å². The maximum absolute atomic E-state index is 13.1. The van der Waals surface area contributed by atoms with Crippen LogP contribution in [0.25, 0.3) is 0 Å². The summed E-state index contributed by atoms with van der Waals surface area (Å²) in [6.45, 7) is 15.9. The predicted molar refractivity (Wildman–Crippen MR) is 143 cm³/mol. The van der Waals surface area contributed by atoms with Crippen LogP contribution in [0.15, 0.2) is 0 Å². The minimum absolute atomic E-state index is 0.00377. The minimum Gasteiger partial charge on any atom is -0.481 e. The van der Waals surface area contributed by atoms with Gasteiger partial charge >= 0.3 is 11.9 Å². The zero-order valence-electron chi connectivity index (χ0n) is 24.4. The minimum atomic E-state index is -0.724. The first-order valence-corrected chi connectivity index (χ1v) is 15.0. The average molecular weight is 515 g/mol. The fraction of sp³-hybridized carbons (Fsp3) is 0.906. The van der Waals surface area contributed by atoms with Crippen LogP contribution in [-0.2, 0) is 19.1 Å². The summed E-state index contributed by atoms with van der Waals surface area (Å²) in [4.78, 5) is 38.1. The number of carbonyl (C=O) groups excluding carboxylic acids is 2. The molecule has 0 amide bonds. The third kappa shape index (κ3) is 3.50. The van der Waals surface area contributed by atoms with Crippen molar-refractivity contribution in [1.82, 2.24) is 0 Å². The molecule has 0 saturated heterocycles. The van der Waals surface area contributed by atoms with E-state index < -0.39 is 11.4 Å². The molecule has 5 fully saturated rings. The number of carboxylic acid groups (broad SMARTS) is 1. The summed E-state index contributed by atoms with van der Waals surface area (Å²) < 4.78 is 5.94. The molecule has 0 heterocycles. The van der Waals surface area contributed by atoms with Crippen molar-refractivity contribution in [2.75, 3.05) is 6.61 Å². The quantitative estimate of drug-likeness (QED) is 0.408. The number of hydrogen-bond donors (Lipinski definition) is 1. The Morgan fingerprint density at radius 3 is 2.19 bits per heavy atom. The Morgan fingerprint density at radius 2 is 1.54 bits per heavy atom. The molecule has 9 atom stereocenters. The molecule has 0 spiro atoms. The second-order valence-electron chi connectivity index (χ2n) is 15.6. The molecule has 0 aromatic rings. The van der Waals surface area contributed by atoms with E-state index in [0.29, 0.717) is 30.6 Å². The van der Waals surface area contributed by atoms with E-state index in [4.69, 9.17) is 4.74 Å². The highest BCUT2D eigenvalue weighted by molar-refractivity contribution is 5.82. The molecule has 5 saturated carbocycles. The molecular weight excluding hydrogens is 464 g/mol. The third-order valence-corrected chi connectivity index (χ3v) is 13.9. The maximum atomic E-state index is 13.1. The molecule has 208 valence electrons. The van der Waals surface area contributed by atoms with Crippen LogP contribution in [-0.4, -0.2) is 29.4 Å². The van der Waals surface area contributed by atoms with Crippen molar-refractivity contribution in [3.63, 3.8) is 0 Å². The standard InChI is InChI=1S/C32H50O5/c1-20-22(34)8-9-23-28(20,5)11-10-24-29(23,6)13-17-32(19-37-21(2)33)25-18-27(3,4)12-15-31(25,26(35)36)16-14-30(24,32)7/h20,23-25H,8-19H2,1-7H3,(H,35,36). The molecule has 0 aromatic heterocycles. The summed E-state index contributed by atoms with van der Waals surface area (Å²) in [5.41, 5.74) is -0.920. The van der Waals surface area contributed by atoms with Crippen LogP contribution in [0.1, 0.15) is 119 Å². The van der Waals surface area contributed by atoms with Gasteiger partial charge in [0.25, 0.3) is 0 Å². The number of rotatable bonds is 3. The van der Waals surface area contributed by atoms with Crippen LogP contribution in [0.4, 0.5) is 0 Å². The van der Waals surface area contributed by atoms with E-state index in [9.17, 15) is 19.5 Å². The lowest BCUT2D eigenvalue weighted by Gasteiger charge is -2.74. The monoisotopic (exact) mass is 514 g/mol. The lowest BCUT2D eigenvalue weighted by molar-refractivity contribution is -0.274. The Balaban J connectivity index is 1.63. The van der Waals surface area contributed by atoms with E-state index >= 15 is 0 Å². The first-order chi connectivity index (χ1) is 17.1. The summed E-state index contributed by atoms with van der Waals surface area (Å²) in [5.74, 6) is 0.589. The van der Waals surface area contributed by atoms with Gasteiger partial charge in [-0.2, -0.15) is 0 Å². The van der Waals surface area contributed by atoms with Gasteiger partial charge in [0.15, 0.2) is 0 Å². The van der Waals surface area contributed by atoms with Crippen LogP contribution < -0.4 is 0 Å². The molecule has 5 heteroatoms. The van der Waals surface area contributed by atoms with Gasteiger partial charge in [-0.05, 0) is 104 Å². The van der Waals surface area contributed by atoms with Crippen molar-refractivity contribution < 1.29 is 24.2 Å². The van der Waals surface area contributed by atoms with Gasteiger partial charge in [-0.1, -0.05) is 41.5 Å². The van der Waals surface area contributed by atoms with Gasteiger partial charge < -0.3 is 9.84 Å². The van der Waals surface area contributed by atoms with Gasteiger partial charge in [0, 0.05) is 24.7 Å². The molecule has 5 rings (SSSR count). The Kier molecular flexibility index (Phi) is 6.10. The van der Waals surface area contributed by atoms with Crippen LogP contribution in [0.5, 0.6) is 0 Å². The molecular formula is C32H50O5. The van der Waals surface area contributed by atoms with Crippen molar-refractivity contribution in [1.29, 1.82) is 0 Å². The first kappa shape index (κ1) is 27.2. The molecule has 5 nitrogen and oxygen atoms in total. The van der Waals surface area contributed by atoms with E-state index in [1.165, 1.54) is 6.92 Å². The van der Waals surface area contributed by atoms with Crippen molar-refractivity contribution in [2.24, 2.45) is 56.2 Å². The topological polar surface area (TPSA) is 80.7 Å². The Labute approximate surface area is 223 Å². The van der Waals surface area contributed by atoms with E-state index in [1.807, 2.05) is 0 Å². The van der Waals surface area contributed by atoms with E-state index in [2.05, 4.69) is 41.5 Å². The summed E-state index contributed by atoms with van der Waals surface area (Å²) in [7, 11) is 0. The number of hydrogen-bond acceptors (Lipinski definition) is 4. The molecule has 0 radical (unpaired) electrons. The number of ether oxygens (including phenoxy) is 1. The lowest BCUT2D eigenvalue weighted by atomic mass is 9.29. The first-order valence-electron chi connectivity index (χ1n) is 15.0. The molecule has 5 aliphatic carbocycles. The summed E-state index contributed by atoms with van der Waals surface area (Å²) in [6, 6.07) is 0. The zero-order valence-corrected chi connectivity index (χ0v) is 24.4. The fourth-order valence-electron chi connectivity index (χ4n) is 11.5. The van der Waals surface area contributed by atoms with Gasteiger partial charge in [-0.25, -0.2) is 0 Å². The number of carboxylic acids is 1. The summed E-state index contributed by atoms with van der Waals surface area (Å²) >= 11 is 0. The second-order valence-corrected chi connectivity index (χ2v) is 15.6. The molecule has 0 aliphatic heterocycles. The second kappa shape index (κ2) is 8.31. The van der Waals surface area contributed by atoms with Crippen molar-refractivity contribution >= 4 is 17.7 Å². The molecule has 9 unspecified atom stereocenters. The highest BCUT2D eigenvalue weighted by Crippen LogP contribution is 2.78. The average Bonchev–Trinajstić information content (AvgIpc) is 2.80. The van der Waals surface area contributed by atoms with E-state index in [0.717, 1.165) is 64.2 Å². The SMILES string of the molecule is CC(=O)OCC12CCC3(C)C4CCC(=O)C(C)C4(C)CCC3C1(C)CCC1(C(=O)O)CCC(C)(C)CC12. The van der Waals surface area contributed by atoms with Crippen LogP contribution in [0.3, 0.4) is 0 Å². The van der Waals surface area contributed by atoms with Crippen LogP contribution in [0.2, 0.25) is 0 Å². The summed E-state index contributed by atoms with van der Waals surface area (Å²) in [6.07, 6.45) is 9.90. The number of esters is 1. The Bertz CT molecular complexity index is 1000. The van der Waals surface area contributed by atoms with E-state index in [-0.39, 0.29) is 44.9 Å². The van der Waals surface area contributed by atoms with Crippen molar-refractivity contribution in [3.05, 3.63) is 0 Å². The van der Waals surface area contributed by atoms with Crippen molar-refractivity contribution in [3.8, 4) is 0 Å². The number of Topliss-reactive ketones (excluding diaryl/α,β-unsaturated/α-hetero) is 1. The molecule has 1 N–H and O–H groups in total. The molecule has 0 aromatic carbocycles. The van der Waals surface area contributed by atoms with Crippen LogP contribution >= 0.6 is 0 Å². The molecule has 37 heavy (non-hydrogen) atoms. The molecule has 0 bridgehead atoms. The smallest absolute Gasteiger partial charge is 0.309 e. The highest BCUT2D eigenvalue weighted by Gasteiger charge is 2.74. The number of fused-ring (bicyclic) bond motifs is 7. The Morgan fingerprint density at radius 1 is 0.865 bits per heavy atom. The lowest BCUT2D eigenvalue weighted by Crippen LogP contribution is -2.70. The molecule has 5 aliphatic rings. The van der Waals surface area contributed by atoms with Gasteiger partial charge in [-0.3, -0.25) is 14.4 Å². The largest absolute Gasteiger partial charge is 0.481 e. The Hall–Kier alpha value is -1.39. The van der Waals surface area contributed by atoms with Crippen molar-refractivity contribution in [2.45, 2.75) is 119 Å². The zero-order chi connectivity index (χ0) is 27.2. The van der Waals surface area contributed by atoms with Gasteiger partial charge in [0.2, 0.25) is 0 Å². The van der Waals surface area contributed by atoms with Gasteiger partial charge in [0.05, 0.1) is 12.0 Å². The maximum Gasteiger partial charge on any atom is 0.309 e. The normalized spacial score (nSPS) is 50.6. The number of aliphatic carboxylic acids is 1. The number of carbonyl (C=O) groups is 3. The predicted octanol–water partition coefficient (Wildman–Crippen LogP) is 7.06.